The minimum Gasteiger partial charge on any atom is -0.481 e. The van der Waals surface area contributed by atoms with Crippen LogP contribution in [-0.4, -0.2) is 35.9 Å². The average Bonchev–Trinajstić information content (AvgIpc) is 3.29. The molecule has 0 spiro atoms. The van der Waals surface area contributed by atoms with E-state index in [0.717, 1.165) is 10.4 Å². The van der Waals surface area contributed by atoms with E-state index in [9.17, 15) is 9.18 Å². The van der Waals surface area contributed by atoms with Gasteiger partial charge in [-0.2, -0.15) is 5.26 Å². The van der Waals surface area contributed by atoms with Gasteiger partial charge in [0.15, 0.2) is 5.96 Å². The molecule has 0 aliphatic carbocycles. The fraction of sp³-hybridized carbons (Fsp3) is 0.217. The van der Waals surface area contributed by atoms with Crippen molar-refractivity contribution in [2.24, 2.45) is 10.7 Å². The number of thiophene rings is 1. The van der Waals surface area contributed by atoms with Crippen LogP contribution in [0.5, 0.6) is 5.88 Å². The summed E-state index contributed by atoms with van der Waals surface area (Å²) in [5.41, 5.74) is 7.30. The Morgan fingerprint density at radius 2 is 2.06 bits per heavy atom. The molecule has 162 valence electrons. The Morgan fingerprint density at radius 1 is 1.28 bits per heavy atom. The van der Waals surface area contributed by atoms with Gasteiger partial charge < -0.3 is 10.5 Å². The number of hydrogen-bond donors (Lipinski definition) is 1. The van der Waals surface area contributed by atoms with E-state index in [2.05, 4.69) is 4.98 Å². The Labute approximate surface area is 188 Å². The molecule has 7 nitrogen and oxygen atoms in total. The summed E-state index contributed by atoms with van der Waals surface area (Å²) in [7, 11) is 3.11. The van der Waals surface area contributed by atoms with Crippen LogP contribution in [0.2, 0.25) is 0 Å². The van der Waals surface area contributed by atoms with E-state index >= 15 is 0 Å². The first kappa shape index (κ1) is 21.5. The highest BCUT2D eigenvalue weighted by atomic mass is 32.1. The SMILES string of the molecule is COc1ccc([C@@H]2C(=O)N(C)C(N)=N[C@]2(C)c2cc(-c3cc(F)cc(C#N)c3)cs2)cn1. The maximum atomic E-state index is 14.0. The lowest BCUT2D eigenvalue weighted by Gasteiger charge is -2.39. The second kappa shape index (κ2) is 8.05. The number of nitrogens with zero attached hydrogens (tertiary/aromatic N) is 4. The standard InChI is InChI=1S/C23H20FN5O2S/c1-23(18-9-16(12-32-18)15-6-13(10-25)7-17(24)8-15)20(21(30)29(2)22(26)28-23)14-4-5-19(31-3)27-11-14/h4-9,11-12,20H,1-3H3,(H2,26,28)/t20-,23-/m1/s1. The number of amides is 1. The van der Waals surface area contributed by atoms with E-state index in [-0.39, 0.29) is 17.4 Å². The Morgan fingerprint density at radius 3 is 2.72 bits per heavy atom. The molecule has 9 heteroatoms. The zero-order valence-electron chi connectivity index (χ0n) is 17.7. The van der Waals surface area contributed by atoms with Gasteiger partial charge in [-0.25, -0.2) is 14.4 Å². The maximum Gasteiger partial charge on any atom is 0.239 e. The van der Waals surface area contributed by atoms with E-state index < -0.39 is 17.3 Å². The zero-order chi connectivity index (χ0) is 23.0. The van der Waals surface area contributed by atoms with Crippen LogP contribution < -0.4 is 10.5 Å². The molecule has 0 unspecified atom stereocenters. The number of aliphatic imine (C=N–C) groups is 1. The number of ether oxygens (including phenoxy) is 1. The molecular weight excluding hydrogens is 429 g/mol. The predicted molar refractivity (Wildman–Crippen MR) is 120 cm³/mol. The maximum absolute atomic E-state index is 14.0. The van der Waals surface area contributed by atoms with Crippen molar-refractivity contribution in [2.45, 2.75) is 18.4 Å². The van der Waals surface area contributed by atoms with Gasteiger partial charge in [0.05, 0.1) is 24.7 Å². The fourth-order valence-electron chi connectivity index (χ4n) is 3.85. The van der Waals surface area contributed by atoms with Gasteiger partial charge in [-0.3, -0.25) is 9.69 Å². The quantitative estimate of drug-likeness (QED) is 0.655. The lowest BCUT2D eigenvalue weighted by atomic mass is 9.78. The molecule has 2 N–H and O–H groups in total. The Kier molecular flexibility index (Phi) is 5.40. The van der Waals surface area contributed by atoms with Gasteiger partial charge in [-0.15, -0.1) is 11.3 Å². The second-order valence-corrected chi connectivity index (χ2v) is 8.53. The van der Waals surface area contributed by atoms with E-state index in [1.165, 1.54) is 35.5 Å². The number of nitriles is 1. The van der Waals surface area contributed by atoms with Crippen molar-refractivity contribution in [3.63, 3.8) is 0 Å². The summed E-state index contributed by atoms with van der Waals surface area (Å²) in [6.07, 6.45) is 1.60. The summed E-state index contributed by atoms with van der Waals surface area (Å²) in [5.74, 6) is -0.821. The Hall–Kier alpha value is -3.77. The molecule has 1 aliphatic heterocycles. The number of benzene rings is 1. The lowest BCUT2D eigenvalue weighted by molar-refractivity contribution is -0.130. The minimum absolute atomic E-state index is 0.114. The first-order valence-corrected chi connectivity index (χ1v) is 10.6. The lowest BCUT2D eigenvalue weighted by Crippen LogP contribution is -2.52. The van der Waals surface area contributed by atoms with E-state index in [4.69, 9.17) is 20.7 Å². The van der Waals surface area contributed by atoms with Crippen molar-refractivity contribution < 1.29 is 13.9 Å². The molecular formula is C23H20FN5O2S. The van der Waals surface area contributed by atoms with Crippen LogP contribution in [0.3, 0.4) is 0 Å². The molecule has 1 aromatic carbocycles. The van der Waals surface area contributed by atoms with Crippen molar-refractivity contribution in [2.75, 3.05) is 14.2 Å². The van der Waals surface area contributed by atoms with E-state index in [1.807, 2.05) is 24.4 Å². The van der Waals surface area contributed by atoms with Gasteiger partial charge in [0.25, 0.3) is 0 Å². The highest BCUT2D eigenvalue weighted by molar-refractivity contribution is 7.10. The van der Waals surface area contributed by atoms with Gasteiger partial charge in [-0.1, -0.05) is 6.07 Å². The molecule has 4 rings (SSSR count). The zero-order valence-corrected chi connectivity index (χ0v) is 18.5. The number of carbonyl (C=O) groups is 1. The van der Waals surface area contributed by atoms with Crippen molar-refractivity contribution in [3.8, 4) is 23.1 Å². The molecule has 0 radical (unpaired) electrons. The van der Waals surface area contributed by atoms with Crippen LogP contribution in [0.25, 0.3) is 11.1 Å². The van der Waals surface area contributed by atoms with E-state index in [1.54, 1.807) is 31.4 Å². The van der Waals surface area contributed by atoms with Crippen molar-refractivity contribution >= 4 is 23.2 Å². The number of guanidine groups is 1. The number of aromatic nitrogens is 1. The number of halogens is 1. The highest BCUT2D eigenvalue weighted by Crippen LogP contribution is 2.47. The predicted octanol–water partition coefficient (Wildman–Crippen LogP) is 3.62. The Balaban J connectivity index is 1.83. The molecule has 3 heterocycles. The number of nitrogens with two attached hydrogens (primary N) is 1. The van der Waals surface area contributed by atoms with Crippen molar-refractivity contribution in [3.05, 3.63) is 69.8 Å². The number of hydrogen-bond acceptors (Lipinski definition) is 7. The minimum atomic E-state index is -1.00. The molecule has 2 aromatic heterocycles. The summed E-state index contributed by atoms with van der Waals surface area (Å²) in [5, 5.41) is 11.0. The second-order valence-electron chi connectivity index (χ2n) is 7.62. The summed E-state index contributed by atoms with van der Waals surface area (Å²) >= 11 is 1.40. The molecule has 2 atom stereocenters. The molecule has 1 aliphatic rings. The normalized spacial score (nSPS) is 20.6. The highest BCUT2D eigenvalue weighted by Gasteiger charge is 2.48. The van der Waals surface area contributed by atoms with Crippen molar-refractivity contribution in [1.82, 2.24) is 9.88 Å². The third-order valence-electron chi connectivity index (χ3n) is 5.59. The van der Waals surface area contributed by atoms with Crippen LogP contribution >= 0.6 is 11.3 Å². The third kappa shape index (κ3) is 3.59. The van der Waals surface area contributed by atoms with Crippen molar-refractivity contribution in [1.29, 1.82) is 5.26 Å². The van der Waals surface area contributed by atoms with Gasteiger partial charge >= 0.3 is 0 Å². The number of rotatable bonds is 4. The molecule has 0 saturated carbocycles. The molecule has 1 amide bonds. The smallest absolute Gasteiger partial charge is 0.239 e. The van der Waals surface area contributed by atoms with Crippen LogP contribution in [-0.2, 0) is 10.3 Å². The monoisotopic (exact) mass is 449 g/mol. The van der Waals surface area contributed by atoms with E-state index in [0.29, 0.717) is 17.0 Å². The molecule has 32 heavy (non-hydrogen) atoms. The van der Waals surface area contributed by atoms with Crippen LogP contribution in [0.1, 0.15) is 28.8 Å². The third-order valence-corrected chi connectivity index (χ3v) is 6.75. The first-order valence-electron chi connectivity index (χ1n) is 9.69. The van der Waals surface area contributed by atoms with Gasteiger partial charge in [0.2, 0.25) is 11.8 Å². The number of carbonyl (C=O) groups excluding carboxylic acids is 1. The molecule has 0 saturated heterocycles. The van der Waals surface area contributed by atoms with Gasteiger partial charge in [-0.05, 0) is 53.3 Å². The average molecular weight is 450 g/mol. The fourth-order valence-corrected chi connectivity index (χ4v) is 4.90. The van der Waals surface area contributed by atoms with Crippen LogP contribution in [0, 0.1) is 17.1 Å². The molecule has 0 bridgehead atoms. The molecule has 0 fully saturated rings. The topological polar surface area (TPSA) is 105 Å². The largest absolute Gasteiger partial charge is 0.481 e. The first-order chi connectivity index (χ1) is 15.3. The van der Waals surface area contributed by atoms with Gasteiger partial charge in [0, 0.05) is 24.2 Å². The van der Waals surface area contributed by atoms with Gasteiger partial charge in [0.1, 0.15) is 11.4 Å². The molecule has 3 aromatic rings. The summed E-state index contributed by atoms with van der Waals surface area (Å²) < 4.78 is 19.1. The summed E-state index contributed by atoms with van der Waals surface area (Å²) in [6, 6.07) is 11.5. The Bertz CT molecular complexity index is 1260. The summed E-state index contributed by atoms with van der Waals surface area (Å²) in [6.45, 7) is 1.85. The number of likely N-dealkylation sites (N-methyl/N-ethyl adjacent to an activating group) is 1. The van der Waals surface area contributed by atoms with Crippen LogP contribution in [0.4, 0.5) is 4.39 Å². The summed E-state index contributed by atoms with van der Waals surface area (Å²) in [4.78, 5) is 24.4. The van der Waals surface area contributed by atoms with Crippen LogP contribution in [0.15, 0.2) is 53.0 Å². The number of methoxy groups -OCH3 is 1. The number of pyridine rings is 1.